The summed E-state index contributed by atoms with van der Waals surface area (Å²) < 4.78 is 28.1. The lowest BCUT2D eigenvalue weighted by atomic mass is 10.3. The number of hydrogen-bond acceptors (Lipinski definition) is 4. The second-order valence-corrected chi connectivity index (χ2v) is 8.12. The number of nitrogens with zero attached hydrogens (tertiary/aromatic N) is 1. The molecule has 0 heterocycles. The molecule has 0 aromatic heterocycles. The summed E-state index contributed by atoms with van der Waals surface area (Å²) >= 11 is 6.57. The van der Waals surface area contributed by atoms with E-state index in [2.05, 4.69) is 31.9 Å². The number of amides is 1. The predicted octanol–water partition coefficient (Wildman–Crippen LogP) is 2.40. The first-order valence-corrected chi connectivity index (χ1v) is 9.41. The number of benzene rings is 2. The van der Waals surface area contributed by atoms with Crippen LogP contribution in [0.15, 0.2) is 62.4 Å². The first kappa shape index (κ1) is 17.9. The molecule has 0 saturated carbocycles. The molecule has 2 aromatic carbocycles. The molecule has 6 nitrogen and oxygen atoms in total. The van der Waals surface area contributed by atoms with Gasteiger partial charge in [-0.15, -0.1) is 0 Å². The predicted molar refractivity (Wildman–Crippen MR) is 95.1 cm³/mol. The molecule has 0 atom stereocenters. The zero-order chi connectivity index (χ0) is 17.0. The van der Waals surface area contributed by atoms with Gasteiger partial charge in [0.2, 0.25) is 0 Å². The standard InChI is InChI=1S/C14H13Br2N3O3S/c15-10-5-7-11(8-6-10)23(21,22)19(9-14(20)18-17)13-4-2-1-3-12(13)16/h1-8H,9,17H2,(H,18,20). The van der Waals surface area contributed by atoms with Crippen LogP contribution >= 0.6 is 31.9 Å². The molecule has 0 fully saturated rings. The Balaban J connectivity index is 2.54. The van der Waals surface area contributed by atoms with E-state index in [0.29, 0.717) is 10.2 Å². The van der Waals surface area contributed by atoms with E-state index in [1.165, 1.54) is 12.1 Å². The van der Waals surface area contributed by atoms with Gasteiger partial charge in [-0.2, -0.15) is 0 Å². The summed E-state index contributed by atoms with van der Waals surface area (Å²) in [5.74, 6) is 4.48. The maximum atomic E-state index is 12.9. The Labute approximate surface area is 150 Å². The Kier molecular flexibility index (Phi) is 5.79. The fraction of sp³-hybridized carbons (Fsp3) is 0.0714. The Morgan fingerprint density at radius 1 is 1.09 bits per heavy atom. The number of hydrazine groups is 1. The van der Waals surface area contributed by atoms with Crippen molar-refractivity contribution in [3.05, 3.63) is 57.5 Å². The summed E-state index contributed by atoms with van der Waals surface area (Å²) in [6.07, 6.45) is 0. The molecule has 0 aliphatic heterocycles. The second kappa shape index (κ2) is 7.43. The number of carbonyl (C=O) groups is 1. The highest BCUT2D eigenvalue weighted by Crippen LogP contribution is 2.30. The van der Waals surface area contributed by atoms with Crippen LogP contribution in [0.1, 0.15) is 0 Å². The number of halogens is 2. The van der Waals surface area contributed by atoms with Crippen LogP contribution in [0, 0.1) is 0 Å². The molecule has 9 heteroatoms. The first-order valence-electron chi connectivity index (χ1n) is 6.38. The first-order chi connectivity index (χ1) is 10.9. The largest absolute Gasteiger partial charge is 0.293 e. The monoisotopic (exact) mass is 461 g/mol. The summed E-state index contributed by atoms with van der Waals surface area (Å²) in [5.41, 5.74) is 2.30. The van der Waals surface area contributed by atoms with Gasteiger partial charge in [0.1, 0.15) is 6.54 Å². The molecule has 2 aromatic rings. The maximum Gasteiger partial charge on any atom is 0.264 e. The van der Waals surface area contributed by atoms with Crippen LogP contribution in [0.25, 0.3) is 0 Å². The van der Waals surface area contributed by atoms with E-state index < -0.39 is 22.5 Å². The van der Waals surface area contributed by atoms with Crippen molar-refractivity contribution in [3.8, 4) is 0 Å². The SMILES string of the molecule is NNC(=O)CN(c1ccccc1Br)S(=O)(=O)c1ccc(Br)cc1. The molecule has 2 rings (SSSR count). The highest BCUT2D eigenvalue weighted by atomic mass is 79.9. The van der Waals surface area contributed by atoms with E-state index >= 15 is 0 Å². The van der Waals surface area contributed by atoms with Gasteiger partial charge >= 0.3 is 0 Å². The molecule has 23 heavy (non-hydrogen) atoms. The molecule has 0 spiro atoms. The number of nitrogens with two attached hydrogens (primary N) is 1. The summed E-state index contributed by atoms with van der Waals surface area (Å²) in [7, 11) is -3.93. The molecule has 0 radical (unpaired) electrons. The fourth-order valence-corrected chi connectivity index (χ4v) is 4.18. The molecular formula is C14H13Br2N3O3S. The van der Waals surface area contributed by atoms with Gasteiger partial charge < -0.3 is 0 Å². The lowest BCUT2D eigenvalue weighted by Gasteiger charge is -2.24. The van der Waals surface area contributed by atoms with Gasteiger partial charge in [-0.25, -0.2) is 14.3 Å². The Morgan fingerprint density at radius 2 is 1.70 bits per heavy atom. The lowest BCUT2D eigenvalue weighted by molar-refractivity contribution is -0.119. The van der Waals surface area contributed by atoms with E-state index in [4.69, 9.17) is 5.84 Å². The normalized spacial score (nSPS) is 11.1. The summed E-state index contributed by atoms with van der Waals surface area (Å²) in [4.78, 5) is 11.7. The van der Waals surface area contributed by atoms with Crippen molar-refractivity contribution in [3.63, 3.8) is 0 Å². The van der Waals surface area contributed by atoms with Gasteiger partial charge in [-0.1, -0.05) is 28.1 Å². The molecule has 0 aliphatic rings. The second-order valence-electron chi connectivity index (χ2n) is 4.48. The van der Waals surface area contributed by atoms with Gasteiger partial charge in [0.15, 0.2) is 0 Å². The third-order valence-corrected chi connectivity index (χ3v) is 5.94. The number of carbonyl (C=O) groups excluding carboxylic acids is 1. The van der Waals surface area contributed by atoms with Crippen molar-refractivity contribution in [2.45, 2.75) is 4.90 Å². The van der Waals surface area contributed by atoms with Crippen LogP contribution < -0.4 is 15.6 Å². The van der Waals surface area contributed by atoms with E-state index in [1.54, 1.807) is 36.4 Å². The number of sulfonamides is 1. The molecule has 3 N–H and O–H groups in total. The van der Waals surface area contributed by atoms with E-state index in [9.17, 15) is 13.2 Å². The molecule has 0 bridgehead atoms. The summed E-state index contributed by atoms with van der Waals surface area (Å²) in [6.45, 7) is -0.433. The van der Waals surface area contributed by atoms with Crippen LogP contribution in [0.4, 0.5) is 5.69 Å². The zero-order valence-electron chi connectivity index (χ0n) is 11.7. The van der Waals surface area contributed by atoms with Crippen LogP contribution in [-0.2, 0) is 14.8 Å². The minimum atomic E-state index is -3.93. The highest BCUT2D eigenvalue weighted by Gasteiger charge is 2.28. The third kappa shape index (κ3) is 4.11. The smallest absolute Gasteiger partial charge is 0.264 e. The van der Waals surface area contributed by atoms with Crippen molar-refractivity contribution in [1.82, 2.24) is 5.43 Å². The number of nitrogens with one attached hydrogen (secondary N) is 1. The molecule has 0 aliphatic carbocycles. The minimum Gasteiger partial charge on any atom is -0.293 e. The topological polar surface area (TPSA) is 92.5 Å². The number of rotatable bonds is 5. The van der Waals surface area contributed by atoms with Crippen molar-refractivity contribution >= 4 is 53.5 Å². The van der Waals surface area contributed by atoms with Crippen LogP contribution in [0.2, 0.25) is 0 Å². The van der Waals surface area contributed by atoms with Crippen molar-refractivity contribution in [2.75, 3.05) is 10.8 Å². The van der Waals surface area contributed by atoms with Gasteiger partial charge in [0.25, 0.3) is 15.9 Å². The highest BCUT2D eigenvalue weighted by molar-refractivity contribution is 9.10. The Morgan fingerprint density at radius 3 is 2.26 bits per heavy atom. The Bertz CT molecular complexity index is 810. The molecule has 122 valence electrons. The van der Waals surface area contributed by atoms with Crippen LogP contribution in [0.5, 0.6) is 0 Å². The summed E-state index contributed by atoms with van der Waals surface area (Å²) in [6, 6.07) is 12.9. The van der Waals surface area contributed by atoms with Crippen molar-refractivity contribution in [2.24, 2.45) is 5.84 Å². The number of anilines is 1. The summed E-state index contributed by atoms with van der Waals surface area (Å²) in [5, 5.41) is 0. The van der Waals surface area contributed by atoms with Gasteiger partial charge in [0, 0.05) is 8.95 Å². The van der Waals surface area contributed by atoms with Gasteiger partial charge in [-0.05, 0) is 52.3 Å². The van der Waals surface area contributed by atoms with E-state index in [-0.39, 0.29) is 4.90 Å². The van der Waals surface area contributed by atoms with Gasteiger partial charge in [-0.3, -0.25) is 14.5 Å². The van der Waals surface area contributed by atoms with E-state index in [0.717, 1.165) is 8.78 Å². The molecule has 0 saturated heterocycles. The third-order valence-electron chi connectivity index (χ3n) is 2.97. The zero-order valence-corrected chi connectivity index (χ0v) is 15.7. The molecule has 0 unspecified atom stereocenters. The van der Waals surface area contributed by atoms with Crippen molar-refractivity contribution in [1.29, 1.82) is 0 Å². The Hall–Kier alpha value is -1.42. The van der Waals surface area contributed by atoms with Crippen LogP contribution in [-0.4, -0.2) is 20.9 Å². The maximum absolute atomic E-state index is 12.9. The molecule has 1 amide bonds. The lowest BCUT2D eigenvalue weighted by Crippen LogP contribution is -2.43. The number of hydrogen-bond donors (Lipinski definition) is 2. The van der Waals surface area contributed by atoms with Gasteiger partial charge in [0.05, 0.1) is 10.6 Å². The number of para-hydroxylation sites is 1. The van der Waals surface area contributed by atoms with Crippen molar-refractivity contribution < 1.29 is 13.2 Å². The van der Waals surface area contributed by atoms with Crippen LogP contribution in [0.3, 0.4) is 0 Å². The average Bonchev–Trinajstić information content (AvgIpc) is 2.53. The quantitative estimate of drug-likeness (QED) is 0.405. The average molecular weight is 463 g/mol. The fourth-order valence-electron chi connectivity index (χ4n) is 1.86. The van der Waals surface area contributed by atoms with E-state index in [1.807, 2.05) is 5.43 Å². The molecular weight excluding hydrogens is 450 g/mol. The minimum absolute atomic E-state index is 0.0706.